The molecule has 2 amide bonds. The fraction of sp³-hybridized carbons (Fsp3) is 0.643. The summed E-state index contributed by atoms with van der Waals surface area (Å²) in [5, 5.41) is 12.4. The van der Waals surface area contributed by atoms with E-state index in [0.29, 0.717) is 32.7 Å². The zero-order valence-corrected chi connectivity index (χ0v) is 12.8. The van der Waals surface area contributed by atoms with Gasteiger partial charge in [-0.05, 0) is 32.4 Å². The first kappa shape index (κ1) is 15.3. The van der Waals surface area contributed by atoms with Crippen LogP contribution in [0, 0.1) is 6.92 Å². The fourth-order valence-corrected chi connectivity index (χ4v) is 3.19. The lowest BCUT2D eigenvalue weighted by Crippen LogP contribution is -2.53. The Labute approximate surface area is 123 Å². The molecule has 1 saturated heterocycles. The van der Waals surface area contributed by atoms with Gasteiger partial charge in [-0.25, -0.2) is 4.79 Å². The van der Waals surface area contributed by atoms with Gasteiger partial charge in [0.1, 0.15) is 0 Å². The van der Waals surface area contributed by atoms with Crippen molar-refractivity contribution >= 4 is 17.4 Å². The Hall–Kier alpha value is -1.11. The van der Waals surface area contributed by atoms with E-state index in [2.05, 4.69) is 18.3 Å². The molecule has 2 N–H and O–H groups in total. The van der Waals surface area contributed by atoms with Crippen LogP contribution in [0.1, 0.15) is 23.1 Å². The predicted molar refractivity (Wildman–Crippen MR) is 78.9 cm³/mol. The number of rotatable bonds is 4. The third-order valence-electron chi connectivity index (χ3n) is 3.31. The number of hydrogen-bond donors (Lipinski definition) is 2. The molecular formula is C14H22N2O3S. The highest BCUT2D eigenvalue weighted by Crippen LogP contribution is 2.16. The van der Waals surface area contributed by atoms with E-state index in [9.17, 15) is 9.90 Å². The van der Waals surface area contributed by atoms with Gasteiger partial charge < -0.3 is 20.1 Å². The highest BCUT2D eigenvalue weighted by atomic mass is 32.1. The Bertz CT molecular complexity index is 447. The number of carbonyl (C=O) groups excluding carboxylic acids is 1. The molecule has 0 aliphatic carbocycles. The van der Waals surface area contributed by atoms with Crippen molar-refractivity contribution in [3.8, 4) is 0 Å². The summed E-state index contributed by atoms with van der Waals surface area (Å²) in [4.78, 5) is 16.4. The van der Waals surface area contributed by atoms with Crippen molar-refractivity contribution in [3.05, 3.63) is 21.9 Å². The molecule has 0 spiro atoms. The van der Waals surface area contributed by atoms with Crippen molar-refractivity contribution in [2.75, 3.05) is 19.8 Å². The van der Waals surface area contributed by atoms with Gasteiger partial charge in [0.2, 0.25) is 0 Å². The average Bonchev–Trinajstić information content (AvgIpc) is 2.82. The minimum atomic E-state index is -0.433. The van der Waals surface area contributed by atoms with Crippen molar-refractivity contribution < 1.29 is 14.6 Å². The summed E-state index contributed by atoms with van der Waals surface area (Å²) in [7, 11) is 0. The number of ether oxygens (including phenoxy) is 1. The van der Waals surface area contributed by atoms with E-state index in [4.69, 9.17) is 4.74 Å². The number of amides is 2. The molecule has 6 heteroatoms. The molecule has 1 fully saturated rings. The fourth-order valence-electron chi connectivity index (χ4n) is 2.36. The van der Waals surface area contributed by atoms with Crippen molar-refractivity contribution in [3.63, 3.8) is 0 Å². The van der Waals surface area contributed by atoms with Gasteiger partial charge >= 0.3 is 6.03 Å². The largest absolute Gasteiger partial charge is 0.393 e. The summed E-state index contributed by atoms with van der Waals surface area (Å²) in [6.45, 7) is 5.97. The minimum absolute atomic E-state index is 0.0474. The van der Waals surface area contributed by atoms with E-state index < -0.39 is 6.10 Å². The molecule has 20 heavy (non-hydrogen) atoms. The van der Waals surface area contributed by atoms with Crippen molar-refractivity contribution in [2.24, 2.45) is 0 Å². The Morgan fingerprint density at radius 1 is 1.65 bits per heavy atom. The molecule has 0 unspecified atom stereocenters. The summed E-state index contributed by atoms with van der Waals surface area (Å²) >= 11 is 1.69. The van der Waals surface area contributed by atoms with E-state index in [1.807, 2.05) is 6.07 Å². The normalized spacial score (nSPS) is 20.8. The van der Waals surface area contributed by atoms with E-state index in [0.717, 1.165) is 4.88 Å². The average molecular weight is 298 g/mol. The molecule has 1 aromatic rings. The smallest absolute Gasteiger partial charge is 0.318 e. The van der Waals surface area contributed by atoms with Crippen molar-refractivity contribution in [2.45, 2.75) is 39.0 Å². The quantitative estimate of drug-likeness (QED) is 0.890. The molecule has 112 valence electrons. The Balaban J connectivity index is 1.88. The third kappa shape index (κ3) is 4.19. The number of hydrogen-bond acceptors (Lipinski definition) is 4. The van der Waals surface area contributed by atoms with Gasteiger partial charge in [-0.1, -0.05) is 0 Å². The first-order valence-electron chi connectivity index (χ1n) is 6.92. The van der Waals surface area contributed by atoms with Crippen LogP contribution in [0.15, 0.2) is 12.1 Å². The number of morpholine rings is 1. The SMILES string of the molecule is Cc1ccc(CNC(=O)N2CCOC[C@H]2C[C@H](C)O)s1. The number of aliphatic hydroxyl groups excluding tert-OH is 1. The highest BCUT2D eigenvalue weighted by molar-refractivity contribution is 7.11. The highest BCUT2D eigenvalue weighted by Gasteiger charge is 2.28. The maximum absolute atomic E-state index is 12.3. The molecule has 0 aromatic carbocycles. The van der Waals surface area contributed by atoms with Gasteiger partial charge in [0.05, 0.1) is 31.9 Å². The topological polar surface area (TPSA) is 61.8 Å². The number of carbonyl (C=O) groups is 1. The van der Waals surface area contributed by atoms with E-state index in [-0.39, 0.29) is 12.1 Å². The summed E-state index contributed by atoms with van der Waals surface area (Å²) in [6, 6.07) is 3.96. The molecule has 2 atom stereocenters. The molecule has 2 rings (SSSR count). The molecule has 1 aliphatic heterocycles. The second kappa shape index (κ2) is 7.06. The lowest BCUT2D eigenvalue weighted by atomic mass is 10.1. The zero-order chi connectivity index (χ0) is 14.5. The summed E-state index contributed by atoms with van der Waals surface area (Å²) in [5.41, 5.74) is 0. The number of nitrogens with zero attached hydrogens (tertiary/aromatic N) is 1. The first-order chi connectivity index (χ1) is 9.56. The van der Waals surface area contributed by atoms with Crippen LogP contribution >= 0.6 is 11.3 Å². The van der Waals surface area contributed by atoms with Crippen LogP contribution in [-0.4, -0.2) is 47.9 Å². The van der Waals surface area contributed by atoms with Crippen LogP contribution in [0.3, 0.4) is 0 Å². The molecular weight excluding hydrogens is 276 g/mol. The number of aliphatic hydroxyl groups is 1. The first-order valence-corrected chi connectivity index (χ1v) is 7.73. The van der Waals surface area contributed by atoms with Gasteiger partial charge in [-0.3, -0.25) is 0 Å². The van der Waals surface area contributed by atoms with Crippen LogP contribution in [0.25, 0.3) is 0 Å². The van der Waals surface area contributed by atoms with Gasteiger partial charge in [0, 0.05) is 16.3 Å². The standard InChI is InChI=1S/C14H22N2O3S/c1-10(17)7-12-9-19-6-5-16(12)14(18)15-8-13-4-3-11(2)20-13/h3-4,10,12,17H,5-9H2,1-2H3,(H,15,18)/t10-,12+/m0/s1. The van der Waals surface area contributed by atoms with Gasteiger partial charge in [-0.15, -0.1) is 11.3 Å². The summed E-state index contributed by atoms with van der Waals surface area (Å²) in [5.74, 6) is 0. The van der Waals surface area contributed by atoms with Crippen LogP contribution in [0.5, 0.6) is 0 Å². The zero-order valence-electron chi connectivity index (χ0n) is 12.0. The molecule has 0 bridgehead atoms. The molecule has 0 radical (unpaired) electrons. The summed E-state index contributed by atoms with van der Waals surface area (Å²) in [6.07, 6.45) is 0.114. The third-order valence-corrected chi connectivity index (χ3v) is 4.31. The van der Waals surface area contributed by atoms with Crippen LogP contribution < -0.4 is 5.32 Å². The summed E-state index contributed by atoms with van der Waals surface area (Å²) < 4.78 is 5.40. The lowest BCUT2D eigenvalue weighted by molar-refractivity contribution is -0.00436. The van der Waals surface area contributed by atoms with Crippen molar-refractivity contribution in [1.29, 1.82) is 0 Å². The molecule has 0 saturated carbocycles. The number of nitrogens with one attached hydrogen (secondary N) is 1. The Kier molecular flexibility index (Phi) is 5.39. The molecule has 1 aliphatic rings. The van der Waals surface area contributed by atoms with Crippen molar-refractivity contribution in [1.82, 2.24) is 10.2 Å². The number of aryl methyl sites for hydroxylation is 1. The Morgan fingerprint density at radius 2 is 2.45 bits per heavy atom. The second-order valence-corrected chi connectivity index (χ2v) is 6.55. The van der Waals surface area contributed by atoms with Crippen LogP contribution in [0.2, 0.25) is 0 Å². The maximum atomic E-state index is 12.3. The predicted octanol–water partition coefficient (Wildman–Crippen LogP) is 1.74. The van der Waals surface area contributed by atoms with E-state index >= 15 is 0 Å². The maximum Gasteiger partial charge on any atom is 0.318 e. The monoisotopic (exact) mass is 298 g/mol. The minimum Gasteiger partial charge on any atom is -0.393 e. The van der Waals surface area contributed by atoms with E-state index in [1.54, 1.807) is 23.2 Å². The van der Waals surface area contributed by atoms with Gasteiger partial charge in [0.25, 0.3) is 0 Å². The second-order valence-electron chi connectivity index (χ2n) is 5.18. The van der Waals surface area contributed by atoms with E-state index in [1.165, 1.54) is 4.88 Å². The van der Waals surface area contributed by atoms with Gasteiger partial charge in [0.15, 0.2) is 0 Å². The number of urea groups is 1. The van der Waals surface area contributed by atoms with Crippen LogP contribution in [0.4, 0.5) is 4.79 Å². The number of thiophene rings is 1. The molecule has 2 heterocycles. The van der Waals surface area contributed by atoms with Gasteiger partial charge in [-0.2, -0.15) is 0 Å². The molecule has 5 nitrogen and oxygen atoms in total. The van der Waals surface area contributed by atoms with Crippen LogP contribution in [-0.2, 0) is 11.3 Å². The molecule has 1 aromatic heterocycles. The lowest BCUT2D eigenvalue weighted by Gasteiger charge is -2.36. The Morgan fingerprint density at radius 3 is 3.10 bits per heavy atom.